The highest BCUT2D eigenvalue weighted by Gasteiger charge is 2.38. The van der Waals surface area contributed by atoms with Crippen molar-refractivity contribution in [1.29, 1.82) is 0 Å². The topological polar surface area (TPSA) is 145 Å². The van der Waals surface area contributed by atoms with E-state index >= 15 is 0 Å². The van der Waals surface area contributed by atoms with Crippen molar-refractivity contribution in [2.24, 2.45) is 0 Å². The molecule has 1 saturated carbocycles. The highest BCUT2D eigenvalue weighted by atomic mass is 32.1. The van der Waals surface area contributed by atoms with E-state index in [9.17, 15) is 32.3 Å². The van der Waals surface area contributed by atoms with Gasteiger partial charge in [-0.3, -0.25) is 9.59 Å². The maximum Gasteiger partial charge on any atom is 0.490 e. The summed E-state index contributed by atoms with van der Waals surface area (Å²) >= 11 is 4.56. The van der Waals surface area contributed by atoms with E-state index in [-0.39, 0.29) is 36.9 Å². The number of ether oxygens (including phenoxy) is 1. The molecule has 2 unspecified atom stereocenters. The van der Waals surface area contributed by atoms with Gasteiger partial charge in [0.25, 0.3) is 5.56 Å². The number of carboxylic acids is 1. The molecule has 2 aliphatic rings. The lowest BCUT2D eigenvalue weighted by Crippen LogP contribution is -2.43. The molecule has 0 saturated heterocycles. The number of aliphatic hydroxyl groups is 1. The van der Waals surface area contributed by atoms with Gasteiger partial charge in [-0.2, -0.15) is 13.2 Å². The number of aromatic nitrogens is 2. The van der Waals surface area contributed by atoms with Crippen molar-refractivity contribution in [1.82, 2.24) is 20.2 Å². The van der Waals surface area contributed by atoms with Crippen LogP contribution in [0.2, 0.25) is 0 Å². The van der Waals surface area contributed by atoms with Gasteiger partial charge in [-0.1, -0.05) is 6.42 Å². The molecule has 0 bridgehead atoms. The van der Waals surface area contributed by atoms with Crippen LogP contribution >= 0.6 is 12.6 Å². The maximum absolute atomic E-state index is 12.9. The molecule has 0 spiro atoms. The third-order valence-electron chi connectivity index (χ3n) is 6.40. The van der Waals surface area contributed by atoms with E-state index in [4.69, 9.17) is 14.6 Å². The predicted octanol–water partition coefficient (Wildman–Crippen LogP) is 2.54. The number of benzene rings is 1. The zero-order valence-electron chi connectivity index (χ0n) is 21.3. The molecule has 4 N–H and O–H groups in total. The van der Waals surface area contributed by atoms with Gasteiger partial charge < -0.3 is 30.2 Å². The van der Waals surface area contributed by atoms with Gasteiger partial charge in [0, 0.05) is 38.4 Å². The second kappa shape index (κ2) is 13.9. The molecule has 1 fully saturated rings. The van der Waals surface area contributed by atoms with E-state index in [1.54, 1.807) is 4.90 Å². The van der Waals surface area contributed by atoms with Crippen LogP contribution in [0.15, 0.2) is 29.1 Å². The number of hydrogen-bond acceptors (Lipinski definition) is 8. The van der Waals surface area contributed by atoms with Crippen molar-refractivity contribution in [2.45, 2.75) is 55.7 Å². The molecular weight excluding hydrogens is 560 g/mol. The van der Waals surface area contributed by atoms with Crippen LogP contribution in [0.4, 0.5) is 17.6 Å². The van der Waals surface area contributed by atoms with Crippen molar-refractivity contribution in [3.05, 3.63) is 57.5 Å². The summed E-state index contributed by atoms with van der Waals surface area (Å²) in [7, 11) is 0. The number of nitrogens with zero attached hydrogens (tertiary/aromatic N) is 2. The monoisotopic (exact) mass is 590 g/mol. The van der Waals surface area contributed by atoms with E-state index in [0.717, 1.165) is 30.8 Å². The Morgan fingerprint density at radius 1 is 1.25 bits per heavy atom. The average molecular weight is 591 g/mol. The zero-order valence-corrected chi connectivity index (χ0v) is 22.2. The number of carboxylic acid groups (broad SMARTS) is 1. The highest BCUT2D eigenvalue weighted by molar-refractivity contribution is 7.80. The summed E-state index contributed by atoms with van der Waals surface area (Å²) in [5.41, 5.74) is 0.997. The van der Waals surface area contributed by atoms with Crippen molar-refractivity contribution in [3.8, 4) is 5.75 Å². The molecule has 1 aliphatic heterocycles. The molecule has 10 nitrogen and oxygen atoms in total. The lowest BCUT2D eigenvalue weighted by atomic mass is 9.84. The second-order valence-corrected chi connectivity index (χ2v) is 9.82. The van der Waals surface area contributed by atoms with Gasteiger partial charge in [-0.05, 0) is 37.1 Å². The SMILES string of the molecule is O=C(CCNCC(O)COc1ccc(F)cc1)N1CCc2nc(C3CCC3)[nH]c(=O)c2C1S.O=C(O)C(F)(F)F. The fraction of sp³-hybridized carbons (Fsp3) is 0.520. The van der Waals surface area contributed by atoms with Crippen molar-refractivity contribution in [3.63, 3.8) is 0 Å². The van der Waals surface area contributed by atoms with E-state index in [1.807, 2.05) is 0 Å². The number of hydrogen-bond donors (Lipinski definition) is 5. The predicted molar refractivity (Wildman–Crippen MR) is 138 cm³/mol. The van der Waals surface area contributed by atoms with Gasteiger partial charge in [0.2, 0.25) is 5.91 Å². The summed E-state index contributed by atoms with van der Waals surface area (Å²) in [6.07, 6.45) is -1.85. The molecule has 2 heterocycles. The first-order chi connectivity index (χ1) is 18.9. The Labute approximate surface area is 232 Å². The maximum atomic E-state index is 12.9. The summed E-state index contributed by atoms with van der Waals surface area (Å²) in [6.45, 7) is 1.13. The minimum Gasteiger partial charge on any atom is -0.491 e. The lowest BCUT2D eigenvalue weighted by Gasteiger charge is -2.34. The third kappa shape index (κ3) is 8.66. The third-order valence-corrected chi connectivity index (χ3v) is 6.94. The summed E-state index contributed by atoms with van der Waals surface area (Å²) in [5, 5.41) is 19.6. The number of carbonyl (C=O) groups excluding carboxylic acids is 1. The fourth-order valence-electron chi connectivity index (χ4n) is 4.04. The summed E-state index contributed by atoms with van der Waals surface area (Å²) in [5.74, 6) is -1.66. The minimum atomic E-state index is -5.08. The Hall–Kier alpha value is -3.17. The first-order valence-corrected chi connectivity index (χ1v) is 13.1. The van der Waals surface area contributed by atoms with Crippen molar-refractivity contribution in [2.75, 3.05) is 26.2 Å². The molecule has 1 aromatic heterocycles. The Balaban J connectivity index is 0.000000559. The van der Waals surface area contributed by atoms with Gasteiger partial charge >= 0.3 is 12.1 Å². The molecule has 0 radical (unpaired) electrons. The number of amides is 1. The first-order valence-electron chi connectivity index (χ1n) is 12.5. The Morgan fingerprint density at radius 3 is 2.48 bits per heavy atom. The molecule has 220 valence electrons. The van der Waals surface area contributed by atoms with Gasteiger partial charge in [0.05, 0.1) is 11.3 Å². The van der Waals surface area contributed by atoms with Crippen LogP contribution in [0.5, 0.6) is 5.75 Å². The van der Waals surface area contributed by atoms with Crippen LogP contribution in [-0.2, 0) is 16.0 Å². The molecule has 2 aromatic rings. The number of aromatic amines is 1. The van der Waals surface area contributed by atoms with Crippen LogP contribution in [0.3, 0.4) is 0 Å². The van der Waals surface area contributed by atoms with Crippen LogP contribution in [-0.4, -0.2) is 75.5 Å². The molecule has 40 heavy (non-hydrogen) atoms. The Morgan fingerprint density at radius 2 is 1.90 bits per heavy atom. The Bertz CT molecular complexity index is 1220. The van der Waals surface area contributed by atoms with Gasteiger partial charge in [0.15, 0.2) is 0 Å². The molecule has 2 atom stereocenters. The number of fused-ring (bicyclic) bond motifs is 1. The molecule has 1 aromatic carbocycles. The second-order valence-electron chi connectivity index (χ2n) is 9.33. The summed E-state index contributed by atoms with van der Waals surface area (Å²) in [4.78, 5) is 43.5. The minimum absolute atomic E-state index is 0.0484. The number of aliphatic hydroxyl groups excluding tert-OH is 1. The smallest absolute Gasteiger partial charge is 0.490 e. The largest absolute Gasteiger partial charge is 0.491 e. The van der Waals surface area contributed by atoms with E-state index in [0.29, 0.717) is 36.7 Å². The van der Waals surface area contributed by atoms with Crippen molar-refractivity contribution < 1.29 is 42.1 Å². The number of carbonyl (C=O) groups is 2. The first kappa shape index (κ1) is 31.4. The number of thiol groups is 1. The van der Waals surface area contributed by atoms with Gasteiger partial charge in [-0.25, -0.2) is 14.2 Å². The average Bonchev–Trinajstić information content (AvgIpc) is 2.85. The standard InChI is InChI=1S/C23H29FN4O4S.C2HF3O2/c24-15-4-6-17(7-5-15)32-13-16(29)12-25-10-8-19(30)28-11-9-18-20(23(28)33)22(31)27-21(26-18)14-2-1-3-14;3-2(4,5)1(6)7/h4-7,14,16,23,25,29,33H,1-3,8-13H2,(H,26,27,31);(H,6,7). The molecule has 1 aliphatic carbocycles. The van der Waals surface area contributed by atoms with Crippen molar-refractivity contribution >= 4 is 24.5 Å². The van der Waals surface area contributed by atoms with E-state index in [1.165, 1.54) is 24.3 Å². The van der Waals surface area contributed by atoms with E-state index < -0.39 is 23.6 Å². The molecular formula is C25H30F4N4O6S. The molecule has 4 rings (SSSR count). The summed E-state index contributed by atoms with van der Waals surface area (Å²) < 4.78 is 50.0. The number of rotatable bonds is 9. The summed E-state index contributed by atoms with van der Waals surface area (Å²) in [6, 6.07) is 5.56. The fourth-order valence-corrected chi connectivity index (χ4v) is 4.55. The Kier molecular flexibility index (Phi) is 10.9. The van der Waals surface area contributed by atoms with Crippen LogP contribution < -0.4 is 15.6 Å². The number of nitrogens with one attached hydrogen (secondary N) is 2. The number of aliphatic carboxylic acids is 1. The van der Waals surface area contributed by atoms with Gasteiger partial charge in [-0.15, -0.1) is 12.6 Å². The van der Waals surface area contributed by atoms with Crippen LogP contribution in [0.1, 0.15) is 54.1 Å². The van der Waals surface area contributed by atoms with Gasteiger partial charge in [0.1, 0.15) is 35.5 Å². The van der Waals surface area contributed by atoms with E-state index in [2.05, 4.69) is 27.9 Å². The van der Waals surface area contributed by atoms with Crippen LogP contribution in [0.25, 0.3) is 0 Å². The normalized spacial score (nSPS) is 17.6. The van der Waals surface area contributed by atoms with Crippen LogP contribution in [0, 0.1) is 5.82 Å². The zero-order chi connectivity index (χ0) is 29.4. The number of halogens is 4. The lowest BCUT2D eigenvalue weighted by molar-refractivity contribution is -0.192. The molecule has 15 heteroatoms. The molecule has 1 amide bonds. The number of alkyl halides is 3. The quantitative estimate of drug-likeness (QED) is 0.170. The highest BCUT2D eigenvalue weighted by Crippen LogP contribution is 2.35. The number of H-pyrrole nitrogens is 1.